The van der Waals surface area contributed by atoms with E-state index in [9.17, 15) is 9.59 Å². The van der Waals surface area contributed by atoms with E-state index >= 15 is 0 Å². The van der Waals surface area contributed by atoms with Crippen molar-refractivity contribution in [3.8, 4) is 0 Å². The van der Waals surface area contributed by atoms with E-state index in [0.29, 0.717) is 17.8 Å². The highest BCUT2D eigenvalue weighted by Crippen LogP contribution is 2.24. The summed E-state index contributed by atoms with van der Waals surface area (Å²) in [6.45, 7) is 3.12. The first kappa shape index (κ1) is 15.3. The number of hydrogen-bond acceptors (Lipinski definition) is 3. The minimum Gasteiger partial charge on any atom is -0.481 e. The standard InChI is InChI=1S/C15H20N2O4/c1-15(7-4-8-21-15)10-16-14(20)17-12-6-3-2-5-11(12)9-13(18)19/h2-3,5-6H,4,7-10H2,1H3,(H,18,19)(H2,16,17,20). The Morgan fingerprint density at radius 3 is 2.81 bits per heavy atom. The van der Waals surface area contributed by atoms with Gasteiger partial charge in [0.15, 0.2) is 0 Å². The van der Waals surface area contributed by atoms with Gasteiger partial charge >= 0.3 is 12.0 Å². The second-order valence-corrected chi connectivity index (χ2v) is 5.44. The molecule has 0 radical (unpaired) electrons. The van der Waals surface area contributed by atoms with Crippen LogP contribution in [-0.2, 0) is 16.0 Å². The Hall–Kier alpha value is -2.08. The molecular formula is C15H20N2O4. The summed E-state index contributed by atoms with van der Waals surface area (Å²) in [7, 11) is 0. The van der Waals surface area contributed by atoms with Crippen molar-refractivity contribution < 1.29 is 19.4 Å². The first-order valence-electron chi connectivity index (χ1n) is 6.97. The van der Waals surface area contributed by atoms with Crippen LogP contribution >= 0.6 is 0 Å². The molecule has 1 unspecified atom stereocenters. The zero-order chi connectivity index (χ0) is 15.3. The molecule has 6 nitrogen and oxygen atoms in total. The number of nitrogens with one attached hydrogen (secondary N) is 2. The van der Waals surface area contributed by atoms with Gasteiger partial charge < -0.3 is 20.5 Å². The van der Waals surface area contributed by atoms with Gasteiger partial charge in [0.25, 0.3) is 0 Å². The van der Waals surface area contributed by atoms with Crippen molar-refractivity contribution >= 4 is 17.7 Å². The highest BCUT2D eigenvalue weighted by molar-refractivity contribution is 5.91. The highest BCUT2D eigenvalue weighted by atomic mass is 16.5. The number of urea groups is 1. The third-order valence-corrected chi connectivity index (χ3v) is 3.53. The fraction of sp³-hybridized carbons (Fsp3) is 0.467. The molecule has 0 aliphatic carbocycles. The molecule has 6 heteroatoms. The number of ether oxygens (including phenoxy) is 1. The number of benzene rings is 1. The zero-order valence-corrected chi connectivity index (χ0v) is 12.0. The summed E-state index contributed by atoms with van der Waals surface area (Å²) in [5.74, 6) is -0.934. The van der Waals surface area contributed by atoms with Gasteiger partial charge in [-0.25, -0.2) is 4.79 Å². The van der Waals surface area contributed by atoms with Crippen molar-refractivity contribution in [2.75, 3.05) is 18.5 Å². The third-order valence-electron chi connectivity index (χ3n) is 3.53. The molecule has 1 aliphatic rings. The lowest BCUT2D eigenvalue weighted by atomic mass is 10.0. The Kier molecular flexibility index (Phi) is 4.80. The van der Waals surface area contributed by atoms with Gasteiger partial charge in [-0.2, -0.15) is 0 Å². The summed E-state index contributed by atoms with van der Waals surface area (Å²) < 4.78 is 5.60. The van der Waals surface area contributed by atoms with Crippen LogP contribution < -0.4 is 10.6 Å². The van der Waals surface area contributed by atoms with E-state index < -0.39 is 5.97 Å². The zero-order valence-electron chi connectivity index (χ0n) is 12.0. The number of carbonyl (C=O) groups is 2. The maximum atomic E-state index is 11.9. The lowest BCUT2D eigenvalue weighted by Gasteiger charge is -2.23. The second kappa shape index (κ2) is 6.58. The minimum atomic E-state index is -0.934. The number of carbonyl (C=O) groups excluding carboxylic acids is 1. The molecule has 1 fully saturated rings. The van der Waals surface area contributed by atoms with Gasteiger partial charge in [-0.3, -0.25) is 4.79 Å². The summed E-state index contributed by atoms with van der Waals surface area (Å²) >= 11 is 0. The van der Waals surface area contributed by atoms with Gasteiger partial charge in [-0.05, 0) is 31.4 Å². The second-order valence-electron chi connectivity index (χ2n) is 5.44. The van der Waals surface area contributed by atoms with Gasteiger partial charge in [0.2, 0.25) is 0 Å². The molecule has 1 aromatic rings. The highest BCUT2D eigenvalue weighted by Gasteiger charge is 2.30. The molecule has 0 aromatic heterocycles. The van der Waals surface area contributed by atoms with Crippen molar-refractivity contribution in [3.05, 3.63) is 29.8 Å². The molecule has 0 bridgehead atoms. The van der Waals surface area contributed by atoms with E-state index in [4.69, 9.17) is 9.84 Å². The van der Waals surface area contributed by atoms with Crippen LogP contribution in [0, 0.1) is 0 Å². The molecule has 1 aromatic carbocycles. The molecule has 0 saturated carbocycles. The number of anilines is 1. The summed E-state index contributed by atoms with van der Waals surface area (Å²) in [5.41, 5.74) is 0.774. The lowest BCUT2D eigenvalue weighted by Crippen LogP contribution is -2.42. The SMILES string of the molecule is CC1(CNC(=O)Nc2ccccc2CC(=O)O)CCCO1. The molecule has 1 atom stereocenters. The Bertz CT molecular complexity index is 524. The van der Waals surface area contributed by atoms with E-state index in [0.717, 1.165) is 19.4 Å². The third kappa shape index (κ3) is 4.46. The molecule has 1 heterocycles. The van der Waals surface area contributed by atoms with E-state index in [-0.39, 0.29) is 18.1 Å². The van der Waals surface area contributed by atoms with Gasteiger partial charge in [-0.15, -0.1) is 0 Å². The maximum Gasteiger partial charge on any atom is 0.319 e. The van der Waals surface area contributed by atoms with Crippen LogP contribution in [0.5, 0.6) is 0 Å². The molecule has 114 valence electrons. The largest absolute Gasteiger partial charge is 0.481 e. The maximum absolute atomic E-state index is 11.9. The van der Waals surface area contributed by atoms with Crippen LogP contribution in [0.1, 0.15) is 25.3 Å². The van der Waals surface area contributed by atoms with Crippen LogP contribution in [-0.4, -0.2) is 35.9 Å². The quantitative estimate of drug-likeness (QED) is 0.774. The number of aliphatic carboxylic acids is 1. The fourth-order valence-electron chi connectivity index (χ4n) is 2.37. The van der Waals surface area contributed by atoms with Crippen LogP contribution in [0.2, 0.25) is 0 Å². The average molecular weight is 292 g/mol. The minimum absolute atomic E-state index is 0.128. The normalized spacial score (nSPS) is 21.0. The van der Waals surface area contributed by atoms with Crippen LogP contribution in [0.25, 0.3) is 0 Å². The first-order valence-corrected chi connectivity index (χ1v) is 6.97. The molecule has 21 heavy (non-hydrogen) atoms. The van der Waals surface area contributed by atoms with Crippen molar-refractivity contribution in [2.45, 2.75) is 31.8 Å². The Morgan fingerprint density at radius 2 is 2.14 bits per heavy atom. The summed E-state index contributed by atoms with van der Waals surface area (Å²) in [6.07, 6.45) is 1.79. The van der Waals surface area contributed by atoms with E-state index in [1.807, 2.05) is 6.92 Å². The lowest BCUT2D eigenvalue weighted by molar-refractivity contribution is -0.136. The predicted molar refractivity (Wildman–Crippen MR) is 78.4 cm³/mol. The van der Waals surface area contributed by atoms with Crippen molar-refractivity contribution in [3.63, 3.8) is 0 Å². The Morgan fingerprint density at radius 1 is 1.38 bits per heavy atom. The molecule has 3 N–H and O–H groups in total. The number of carboxylic acids is 1. The van der Waals surface area contributed by atoms with Crippen molar-refractivity contribution in [1.29, 1.82) is 0 Å². The van der Waals surface area contributed by atoms with Gasteiger partial charge in [0.1, 0.15) is 0 Å². The first-order chi connectivity index (χ1) is 9.98. The molecule has 2 amide bonds. The van der Waals surface area contributed by atoms with E-state index in [1.165, 1.54) is 0 Å². The smallest absolute Gasteiger partial charge is 0.319 e. The molecule has 1 saturated heterocycles. The molecule has 2 rings (SSSR count). The summed E-state index contributed by atoms with van der Waals surface area (Å²) in [5, 5.41) is 14.3. The fourth-order valence-corrected chi connectivity index (χ4v) is 2.37. The average Bonchev–Trinajstić information content (AvgIpc) is 2.86. The Labute approximate surface area is 123 Å². The monoisotopic (exact) mass is 292 g/mol. The molecular weight excluding hydrogens is 272 g/mol. The van der Waals surface area contributed by atoms with Gasteiger partial charge in [0.05, 0.1) is 12.0 Å². The van der Waals surface area contributed by atoms with Crippen LogP contribution in [0.15, 0.2) is 24.3 Å². The van der Waals surface area contributed by atoms with Crippen LogP contribution in [0.3, 0.4) is 0 Å². The van der Waals surface area contributed by atoms with Crippen molar-refractivity contribution in [1.82, 2.24) is 5.32 Å². The van der Waals surface area contributed by atoms with Crippen LogP contribution in [0.4, 0.5) is 10.5 Å². The number of hydrogen-bond donors (Lipinski definition) is 3. The number of amides is 2. The summed E-state index contributed by atoms with van der Waals surface area (Å²) in [4.78, 5) is 22.7. The number of carboxylic acid groups (broad SMARTS) is 1. The van der Waals surface area contributed by atoms with Gasteiger partial charge in [0, 0.05) is 18.8 Å². The Balaban J connectivity index is 1.91. The molecule has 1 aliphatic heterocycles. The number of para-hydroxylation sites is 1. The van der Waals surface area contributed by atoms with E-state index in [2.05, 4.69) is 10.6 Å². The predicted octanol–water partition coefficient (Wildman–Crippen LogP) is 2.00. The van der Waals surface area contributed by atoms with Gasteiger partial charge in [-0.1, -0.05) is 18.2 Å². The van der Waals surface area contributed by atoms with Crippen molar-refractivity contribution in [2.24, 2.45) is 0 Å². The topological polar surface area (TPSA) is 87.7 Å². The number of rotatable bonds is 5. The molecule has 0 spiro atoms. The summed E-state index contributed by atoms with van der Waals surface area (Å²) in [6, 6.07) is 6.51. The van der Waals surface area contributed by atoms with E-state index in [1.54, 1.807) is 24.3 Å².